The van der Waals surface area contributed by atoms with E-state index in [4.69, 9.17) is 23.2 Å². The largest absolute Gasteiger partial charge is 0.298 e. The minimum absolute atomic E-state index is 0.289. The number of hydrogen-bond donors (Lipinski definition) is 1. The zero-order chi connectivity index (χ0) is 11.8. The summed E-state index contributed by atoms with van der Waals surface area (Å²) in [6.07, 6.45) is -0.936. The van der Waals surface area contributed by atoms with Crippen LogP contribution in [0.25, 0.3) is 0 Å². The van der Waals surface area contributed by atoms with Gasteiger partial charge in [0.15, 0.2) is 11.6 Å². The highest BCUT2D eigenvalue weighted by Gasteiger charge is 2.14. The summed E-state index contributed by atoms with van der Waals surface area (Å²) in [6, 6.07) is 0. The van der Waals surface area contributed by atoms with Crippen LogP contribution in [-0.4, -0.2) is 35.1 Å². The number of ketones is 2. The van der Waals surface area contributed by atoms with Gasteiger partial charge in [-0.1, -0.05) is 0 Å². The molecule has 0 aliphatic heterocycles. The fourth-order valence-electron chi connectivity index (χ4n) is 0.697. The second-order valence-electron chi connectivity index (χ2n) is 2.67. The first-order valence-electron chi connectivity index (χ1n) is 3.97. The van der Waals surface area contributed by atoms with E-state index in [-0.39, 0.29) is 11.8 Å². The molecular weight excluding hydrogens is 245 g/mol. The van der Waals surface area contributed by atoms with E-state index in [1.165, 1.54) is 0 Å². The summed E-state index contributed by atoms with van der Waals surface area (Å²) in [7, 11) is 0. The molecule has 0 aromatic rings. The third-order valence-electron chi connectivity index (χ3n) is 1.29. The van der Waals surface area contributed by atoms with Crippen LogP contribution < -0.4 is 5.32 Å². The predicted octanol–water partition coefficient (Wildman–Crippen LogP) is 0.0252. The lowest BCUT2D eigenvalue weighted by atomic mass is 10.2. The van der Waals surface area contributed by atoms with E-state index in [0.29, 0.717) is 0 Å². The van der Waals surface area contributed by atoms with E-state index in [1.54, 1.807) is 0 Å². The monoisotopic (exact) mass is 253 g/mol. The molecule has 0 aromatic heterocycles. The van der Waals surface area contributed by atoms with Gasteiger partial charge in [0, 0.05) is 0 Å². The van der Waals surface area contributed by atoms with Crippen molar-refractivity contribution in [1.82, 2.24) is 5.32 Å². The van der Waals surface area contributed by atoms with Gasteiger partial charge in [-0.05, 0) is 0 Å². The number of alkyl halides is 2. The molecule has 0 saturated carbocycles. The molecule has 0 spiro atoms. The van der Waals surface area contributed by atoms with Gasteiger partial charge in [-0.15, -0.1) is 23.2 Å². The van der Waals surface area contributed by atoms with Crippen molar-refractivity contribution in [2.45, 2.75) is 12.8 Å². The van der Waals surface area contributed by atoms with Crippen LogP contribution in [0.1, 0.15) is 12.8 Å². The van der Waals surface area contributed by atoms with E-state index in [2.05, 4.69) is 0 Å². The van der Waals surface area contributed by atoms with Crippen molar-refractivity contribution in [2.75, 3.05) is 11.8 Å². The van der Waals surface area contributed by atoms with Crippen LogP contribution in [0.2, 0.25) is 0 Å². The maximum Gasteiger partial charge on any atom is 0.234 e. The van der Waals surface area contributed by atoms with Crippen molar-refractivity contribution < 1.29 is 19.2 Å². The van der Waals surface area contributed by atoms with Crippen molar-refractivity contribution in [3.05, 3.63) is 0 Å². The summed E-state index contributed by atoms with van der Waals surface area (Å²) in [6.45, 7) is 0. The van der Waals surface area contributed by atoms with Crippen LogP contribution in [0.5, 0.6) is 0 Å². The first-order chi connectivity index (χ1) is 6.99. The first-order valence-corrected chi connectivity index (χ1v) is 5.04. The quantitative estimate of drug-likeness (QED) is 0.535. The van der Waals surface area contributed by atoms with Crippen LogP contribution >= 0.6 is 23.2 Å². The van der Waals surface area contributed by atoms with E-state index in [0.717, 1.165) is 0 Å². The Balaban J connectivity index is 3.92. The molecule has 0 fully saturated rings. The maximum atomic E-state index is 10.9. The molecule has 0 atom stereocenters. The van der Waals surface area contributed by atoms with Crippen molar-refractivity contribution in [3.63, 3.8) is 0 Å². The molecule has 15 heavy (non-hydrogen) atoms. The van der Waals surface area contributed by atoms with Gasteiger partial charge in [0.1, 0.15) is 0 Å². The number of Topliss-reactive ketones (excluding diaryl/α,β-unsaturated/α-hetero) is 2. The summed E-state index contributed by atoms with van der Waals surface area (Å²) >= 11 is 10.3. The molecule has 0 radical (unpaired) electrons. The molecule has 2 amide bonds. The van der Waals surface area contributed by atoms with Gasteiger partial charge in [-0.2, -0.15) is 0 Å². The Hall–Kier alpha value is -0.940. The first kappa shape index (κ1) is 14.1. The summed E-state index contributed by atoms with van der Waals surface area (Å²) in [4.78, 5) is 43.3. The Bertz CT molecular complexity index is 262. The molecule has 0 saturated heterocycles. The lowest BCUT2D eigenvalue weighted by Crippen LogP contribution is -2.33. The number of imide groups is 1. The number of amides is 2. The van der Waals surface area contributed by atoms with E-state index in [1.807, 2.05) is 5.32 Å². The summed E-state index contributed by atoms with van der Waals surface area (Å²) in [5.41, 5.74) is 0. The zero-order valence-electron chi connectivity index (χ0n) is 7.72. The highest BCUT2D eigenvalue weighted by molar-refractivity contribution is 6.30. The number of nitrogens with one attached hydrogen (secondary N) is 1. The molecule has 5 nitrogen and oxygen atoms in total. The van der Waals surface area contributed by atoms with Crippen molar-refractivity contribution >= 4 is 46.6 Å². The van der Waals surface area contributed by atoms with Crippen LogP contribution in [0.4, 0.5) is 0 Å². The molecule has 7 heteroatoms. The van der Waals surface area contributed by atoms with E-state index < -0.39 is 36.2 Å². The minimum atomic E-state index is -0.770. The molecule has 0 rings (SSSR count). The van der Waals surface area contributed by atoms with Crippen molar-refractivity contribution in [1.29, 1.82) is 0 Å². The van der Waals surface area contributed by atoms with Crippen LogP contribution in [0.3, 0.4) is 0 Å². The standard InChI is InChI=1S/C8H9Cl2NO4/c9-3-5(12)1-7(14)11-8(15)2-6(13)4-10/h1-4H2,(H,11,14,15). The molecule has 0 aliphatic carbocycles. The summed E-state index contributed by atoms with van der Waals surface area (Å²) < 4.78 is 0. The van der Waals surface area contributed by atoms with Crippen LogP contribution in [0, 0.1) is 0 Å². The number of halogens is 2. The molecule has 1 N–H and O–H groups in total. The fraction of sp³-hybridized carbons (Fsp3) is 0.500. The highest BCUT2D eigenvalue weighted by atomic mass is 35.5. The smallest absolute Gasteiger partial charge is 0.234 e. The fourth-order valence-corrected chi connectivity index (χ4v) is 0.886. The second-order valence-corrected chi connectivity index (χ2v) is 3.20. The van der Waals surface area contributed by atoms with E-state index >= 15 is 0 Å². The van der Waals surface area contributed by atoms with Crippen LogP contribution in [-0.2, 0) is 19.2 Å². The number of carbonyl (C=O) groups is 4. The molecular formula is C8H9Cl2NO4. The van der Waals surface area contributed by atoms with Gasteiger partial charge < -0.3 is 0 Å². The lowest BCUT2D eigenvalue weighted by Gasteiger charge is -2.00. The number of rotatable bonds is 6. The van der Waals surface area contributed by atoms with Gasteiger partial charge in [0.2, 0.25) is 11.8 Å². The third-order valence-corrected chi connectivity index (χ3v) is 1.89. The van der Waals surface area contributed by atoms with Gasteiger partial charge in [-0.25, -0.2) is 0 Å². The molecule has 0 bridgehead atoms. The normalized spacial score (nSPS) is 9.47. The molecule has 0 aromatic carbocycles. The molecule has 0 aliphatic rings. The Morgan fingerprint density at radius 3 is 1.40 bits per heavy atom. The van der Waals surface area contributed by atoms with Gasteiger partial charge in [0.05, 0.1) is 24.6 Å². The van der Waals surface area contributed by atoms with Crippen molar-refractivity contribution in [2.24, 2.45) is 0 Å². The summed E-state index contributed by atoms with van der Waals surface area (Å²) in [5, 5.41) is 1.87. The average Bonchev–Trinajstić information content (AvgIpc) is 2.16. The molecule has 0 heterocycles. The maximum absolute atomic E-state index is 10.9. The SMILES string of the molecule is O=C(CCl)CC(=O)NC(=O)CC(=O)CCl. The Morgan fingerprint density at radius 1 is 0.800 bits per heavy atom. The second kappa shape index (κ2) is 7.36. The van der Waals surface area contributed by atoms with Gasteiger partial charge >= 0.3 is 0 Å². The number of hydrogen-bond acceptors (Lipinski definition) is 4. The Labute approximate surface area is 96.1 Å². The number of carbonyl (C=O) groups excluding carboxylic acids is 4. The summed E-state index contributed by atoms with van der Waals surface area (Å²) in [5.74, 6) is -3.11. The highest BCUT2D eigenvalue weighted by Crippen LogP contribution is 1.90. The zero-order valence-corrected chi connectivity index (χ0v) is 9.23. The molecule has 84 valence electrons. The average molecular weight is 254 g/mol. The topological polar surface area (TPSA) is 80.3 Å². The Morgan fingerprint density at radius 2 is 1.13 bits per heavy atom. The van der Waals surface area contributed by atoms with Gasteiger partial charge in [-0.3, -0.25) is 24.5 Å². The van der Waals surface area contributed by atoms with E-state index in [9.17, 15) is 19.2 Å². The minimum Gasteiger partial charge on any atom is -0.298 e. The molecule has 0 unspecified atom stereocenters. The predicted molar refractivity (Wildman–Crippen MR) is 53.8 cm³/mol. The Kier molecular flexibility index (Phi) is 6.90. The lowest BCUT2D eigenvalue weighted by molar-refractivity contribution is -0.133. The van der Waals surface area contributed by atoms with Gasteiger partial charge in [0.25, 0.3) is 0 Å². The third kappa shape index (κ3) is 7.04. The van der Waals surface area contributed by atoms with Crippen molar-refractivity contribution in [3.8, 4) is 0 Å². The van der Waals surface area contributed by atoms with Crippen LogP contribution in [0.15, 0.2) is 0 Å².